The van der Waals surface area contributed by atoms with Crippen LogP contribution in [-0.2, 0) is 22.6 Å². The third-order valence-electron chi connectivity index (χ3n) is 4.54. The Bertz CT molecular complexity index is 805. The molecule has 8 nitrogen and oxygen atoms in total. The monoisotopic (exact) mass is 405 g/mol. The van der Waals surface area contributed by atoms with Crippen LogP contribution >= 0.6 is 11.8 Å². The van der Waals surface area contributed by atoms with Crippen LogP contribution in [0.3, 0.4) is 0 Å². The number of benzene rings is 1. The van der Waals surface area contributed by atoms with Crippen LogP contribution in [0.2, 0.25) is 0 Å². The fraction of sp³-hybridized carbons (Fsp3) is 0.526. The number of aryl methyl sites for hydroxylation is 1. The molecule has 3 rings (SSSR count). The molecule has 1 saturated heterocycles. The first-order valence-corrected chi connectivity index (χ1v) is 10.4. The van der Waals surface area contributed by atoms with Crippen LogP contribution in [0.1, 0.15) is 18.3 Å². The zero-order valence-electron chi connectivity index (χ0n) is 16.6. The Hall–Kier alpha value is -2.10. The lowest BCUT2D eigenvalue weighted by Crippen LogP contribution is -2.36. The van der Waals surface area contributed by atoms with Gasteiger partial charge in [-0.15, -0.1) is 10.2 Å². The van der Waals surface area contributed by atoms with Crippen molar-refractivity contribution in [1.82, 2.24) is 19.7 Å². The second kappa shape index (κ2) is 9.90. The standard InChI is InChI=1S/C19H27N5O3S/c1-4-24-17(12-23-7-9-27-10-8-23)21-22-19(24)28-13-18(25)20-15-11-14(2)5-6-16(15)26-3/h5-6,11H,4,7-10,12-13H2,1-3H3,(H,20,25). The normalized spacial score (nSPS) is 14.8. The van der Waals surface area contributed by atoms with E-state index >= 15 is 0 Å². The van der Waals surface area contributed by atoms with Gasteiger partial charge in [-0.25, -0.2) is 0 Å². The molecule has 0 atom stereocenters. The molecule has 0 radical (unpaired) electrons. The number of methoxy groups -OCH3 is 1. The van der Waals surface area contributed by atoms with Gasteiger partial charge in [0.15, 0.2) is 5.16 Å². The summed E-state index contributed by atoms with van der Waals surface area (Å²) in [5, 5.41) is 12.3. The van der Waals surface area contributed by atoms with E-state index in [2.05, 4.69) is 31.9 Å². The van der Waals surface area contributed by atoms with Crippen molar-refractivity contribution in [1.29, 1.82) is 0 Å². The second-order valence-corrected chi connectivity index (χ2v) is 7.51. The van der Waals surface area contributed by atoms with E-state index in [4.69, 9.17) is 9.47 Å². The molecule has 2 heterocycles. The van der Waals surface area contributed by atoms with Crippen LogP contribution < -0.4 is 10.1 Å². The Morgan fingerprint density at radius 3 is 2.82 bits per heavy atom. The van der Waals surface area contributed by atoms with Crippen molar-refractivity contribution in [3.63, 3.8) is 0 Å². The number of anilines is 1. The molecule has 0 aliphatic carbocycles. The summed E-state index contributed by atoms with van der Waals surface area (Å²) in [6, 6.07) is 5.70. The Morgan fingerprint density at radius 1 is 1.32 bits per heavy atom. The number of ether oxygens (including phenoxy) is 2. The van der Waals surface area contributed by atoms with Gasteiger partial charge in [0.2, 0.25) is 5.91 Å². The first kappa shape index (κ1) is 20.6. The number of aromatic nitrogens is 3. The minimum absolute atomic E-state index is 0.103. The number of nitrogens with one attached hydrogen (secondary N) is 1. The lowest BCUT2D eigenvalue weighted by molar-refractivity contribution is -0.113. The Kier molecular flexibility index (Phi) is 7.30. The number of rotatable bonds is 8. The highest BCUT2D eigenvalue weighted by atomic mass is 32.2. The highest BCUT2D eigenvalue weighted by Gasteiger charge is 2.18. The molecule has 2 aromatic rings. The quantitative estimate of drug-likeness (QED) is 0.674. The summed E-state index contributed by atoms with van der Waals surface area (Å²) < 4.78 is 12.8. The van der Waals surface area contributed by atoms with Gasteiger partial charge in [-0.05, 0) is 31.5 Å². The molecule has 0 unspecified atom stereocenters. The minimum Gasteiger partial charge on any atom is -0.495 e. The molecule has 28 heavy (non-hydrogen) atoms. The lowest BCUT2D eigenvalue weighted by atomic mass is 10.2. The van der Waals surface area contributed by atoms with Gasteiger partial charge in [-0.2, -0.15) is 0 Å². The van der Waals surface area contributed by atoms with Gasteiger partial charge >= 0.3 is 0 Å². The summed E-state index contributed by atoms with van der Waals surface area (Å²) in [5.41, 5.74) is 1.74. The molecule has 1 N–H and O–H groups in total. The van der Waals surface area contributed by atoms with Crippen molar-refractivity contribution in [2.24, 2.45) is 0 Å². The highest BCUT2D eigenvalue weighted by molar-refractivity contribution is 7.99. The average Bonchev–Trinajstić information content (AvgIpc) is 3.09. The van der Waals surface area contributed by atoms with Crippen LogP contribution in [0, 0.1) is 6.92 Å². The van der Waals surface area contributed by atoms with E-state index in [1.165, 1.54) is 11.8 Å². The topological polar surface area (TPSA) is 81.5 Å². The van der Waals surface area contributed by atoms with Gasteiger partial charge < -0.3 is 19.4 Å². The maximum absolute atomic E-state index is 12.4. The predicted molar refractivity (Wildman–Crippen MR) is 109 cm³/mol. The van der Waals surface area contributed by atoms with Gasteiger partial charge in [0.25, 0.3) is 0 Å². The molecular weight excluding hydrogens is 378 g/mol. The van der Waals surface area contributed by atoms with E-state index in [1.54, 1.807) is 7.11 Å². The Labute approximate surface area is 169 Å². The summed E-state index contributed by atoms with van der Waals surface area (Å²) >= 11 is 1.39. The third-order valence-corrected chi connectivity index (χ3v) is 5.51. The highest BCUT2D eigenvalue weighted by Crippen LogP contribution is 2.26. The molecule has 0 saturated carbocycles. The molecule has 1 aromatic carbocycles. The largest absolute Gasteiger partial charge is 0.495 e. The van der Waals surface area contributed by atoms with E-state index in [9.17, 15) is 4.79 Å². The number of nitrogens with zero attached hydrogens (tertiary/aromatic N) is 4. The van der Waals surface area contributed by atoms with E-state index < -0.39 is 0 Å². The van der Waals surface area contributed by atoms with E-state index in [0.29, 0.717) is 11.4 Å². The van der Waals surface area contributed by atoms with Crippen LogP contribution in [0.5, 0.6) is 5.75 Å². The van der Waals surface area contributed by atoms with Gasteiger partial charge in [0, 0.05) is 19.6 Å². The fourth-order valence-electron chi connectivity index (χ4n) is 3.06. The summed E-state index contributed by atoms with van der Waals surface area (Å²) in [5.74, 6) is 1.72. The lowest BCUT2D eigenvalue weighted by Gasteiger charge is -2.26. The number of thioether (sulfide) groups is 1. The van der Waals surface area contributed by atoms with Gasteiger partial charge in [0.1, 0.15) is 11.6 Å². The first-order chi connectivity index (χ1) is 13.6. The van der Waals surface area contributed by atoms with E-state index in [-0.39, 0.29) is 11.7 Å². The summed E-state index contributed by atoms with van der Waals surface area (Å²) in [7, 11) is 1.59. The zero-order chi connectivity index (χ0) is 19.9. The number of carbonyl (C=O) groups is 1. The second-order valence-electron chi connectivity index (χ2n) is 6.57. The smallest absolute Gasteiger partial charge is 0.234 e. The van der Waals surface area contributed by atoms with Gasteiger partial charge in [0.05, 0.1) is 38.3 Å². The number of amides is 1. The molecule has 0 bridgehead atoms. The predicted octanol–water partition coefficient (Wildman–Crippen LogP) is 2.18. The average molecular weight is 406 g/mol. The van der Waals surface area contributed by atoms with Gasteiger partial charge in [-0.3, -0.25) is 9.69 Å². The molecule has 1 aliphatic heterocycles. The van der Waals surface area contributed by atoms with Gasteiger partial charge in [-0.1, -0.05) is 17.8 Å². The van der Waals surface area contributed by atoms with Crippen LogP contribution in [0.15, 0.2) is 23.4 Å². The van der Waals surface area contributed by atoms with Crippen molar-refractivity contribution in [2.45, 2.75) is 32.1 Å². The Morgan fingerprint density at radius 2 is 2.11 bits per heavy atom. The van der Waals surface area contributed by atoms with E-state index in [1.807, 2.05) is 25.1 Å². The van der Waals surface area contributed by atoms with Crippen LogP contribution in [0.25, 0.3) is 0 Å². The maximum Gasteiger partial charge on any atom is 0.234 e. The number of hydrogen-bond donors (Lipinski definition) is 1. The minimum atomic E-state index is -0.103. The summed E-state index contributed by atoms with van der Waals surface area (Å²) in [4.78, 5) is 14.7. The van der Waals surface area contributed by atoms with Crippen molar-refractivity contribution < 1.29 is 14.3 Å². The molecule has 152 valence electrons. The van der Waals surface area contributed by atoms with Crippen molar-refractivity contribution in [3.05, 3.63) is 29.6 Å². The molecular formula is C19H27N5O3S. The summed E-state index contributed by atoms with van der Waals surface area (Å²) in [6.07, 6.45) is 0. The molecule has 9 heteroatoms. The molecule has 1 aromatic heterocycles. The zero-order valence-corrected chi connectivity index (χ0v) is 17.4. The first-order valence-electron chi connectivity index (χ1n) is 9.40. The van der Waals surface area contributed by atoms with Crippen molar-refractivity contribution >= 4 is 23.4 Å². The Balaban J connectivity index is 1.59. The number of hydrogen-bond acceptors (Lipinski definition) is 7. The summed E-state index contributed by atoms with van der Waals surface area (Å²) in [6.45, 7) is 8.87. The molecule has 1 fully saturated rings. The van der Waals surface area contributed by atoms with Crippen molar-refractivity contribution in [3.8, 4) is 5.75 Å². The van der Waals surface area contributed by atoms with Crippen LogP contribution in [0.4, 0.5) is 5.69 Å². The maximum atomic E-state index is 12.4. The van der Waals surface area contributed by atoms with E-state index in [0.717, 1.165) is 55.9 Å². The van der Waals surface area contributed by atoms with Crippen molar-refractivity contribution in [2.75, 3.05) is 44.5 Å². The molecule has 0 spiro atoms. The van der Waals surface area contributed by atoms with Crippen LogP contribution in [-0.4, -0.2) is 64.7 Å². The fourth-order valence-corrected chi connectivity index (χ4v) is 3.88. The molecule has 1 aliphatic rings. The number of carbonyl (C=O) groups excluding carboxylic acids is 1. The third kappa shape index (κ3) is 5.24. The SMILES string of the molecule is CCn1c(CN2CCOCC2)nnc1SCC(=O)Nc1cc(C)ccc1OC. The molecule has 1 amide bonds. The number of morpholine rings is 1.